The Morgan fingerprint density at radius 3 is 1.96 bits per heavy atom. The number of carboxylic acid groups (broad SMARTS) is 1. The van der Waals surface area contributed by atoms with Crippen molar-refractivity contribution in [1.29, 1.82) is 0 Å². The van der Waals surface area contributed by atoms with Crippen LogP contribution in [0.5, 0.6) is 0 Å². The molecule has 0 aliphatic carbocycles. The van der Waals surface area contributed by atoms with Gasteiger partial charge in [0.25, 0.3) is 0 Å². The molecular weight excluding hydrogens is 340 g/mol. The maximum atomic E-state index is 10.7. The highest BCUT2D eigenvalue weighted by atomic mass is 16.6. The van der Waals surface area contributed by atoms with Gasteiger partial charge < -0.3 is 14.8 Å². The molecule has 0 spiro atoms. The van der Waals surface area contributed by atoms with Crippen molar-refractivity contribution >= 4 is 28.7 Å². The van der Waals surface area contributed by atoms with Crippen molar-refractivity contribution in [3.63, 3.8) is 0 Å². The van der Waals surface area contributed by atoms with Gasteiger partial charge in [-0.3, -0.25) is 0 Å². The summed E-state index contributed by atoms with van der Waals surface area (Å²) in [4.78, 5) is 17.7. The summed E-state index contributed by atoms with van der Waals surface area (Å²) in [6.45, 7) is 1.33. The SMILES string of the molecule is C/C(=N\OCC(=O)O)c1ccccc1N(c1ccccc1)c1ccccc1. The van der Waals surface area contributed by atoms with Gasteiger partial charge >= 0.3 is 5.97 Å². The highest BCUT2D eigenvalue weighted by molar-refractivity contribution is 6.05. The molecule has 3 aromatic rings. The smallest absolute Gasteiger partial charge is 0.344 e. The van der Waals surface area contributed by atoms with Crippen LogP contribution in [0, 0.1) is 0 Å². The Hall–Kier alpha value is -3.60. The standard InChI is InChI=1S/C22H20N2O3/c1-17(23-27-16-22(25)26)20-14-8-9-15-21(20)24(18-10-4-2-5-11-18)19-12-6-3-7-13-19/h2-15H,16H2,1H3,(H,25,26)/b23-17+. The van der Waals surface area contributed by atoms with Gasteiger partial charge in [-0.15, -0.1) is 0 Å². The second kappa shape index (κ2) is 8.67. The van der Waals surface area contributed by atoms with E-state index >= 15 is 0 Å². The third-order valence-corrected chi connectivity index (χ3v) is 3.95. The third-order valence-electron chi connectivity index (χ3n) is 3.95. The number of para-hydroxylation sites is 3. The molecule has 0 aliphatic rings. The molecule has 1 N–H and O–H groups in total. The van der Waals surface area contributed by atoms with Crippen molar-refractivity contribution in [2.24, 2.45) is 5.16 Å². The van der Waals surface area contributed by atoms with E-state index in [0.717, 1.165) is 22.6 Å². The second-order valence-electron chi connectivity index (χ2n) is 5.87. The Labute approximate surface area is 158 Å². The first-order valence-electron chi connectivity index (χ1n) is 8.55. The van der Waals surface area contributed by atoms with E-state index in [1.807, 2.05) is 84.9 Å². The van der Waals surface area contributed by atoms with Crippen molar-refractivity contribution < 1.29 is 14.7 Å². The Morgan fingerprint density at radius 1 is 0.889 bits per heavy atom. The van der Waals surface area contributed by atoms with E-state index in [-0.39, 0.29) is 0 Å². The van der Waals surface area contributed by atoms with E-state index in [4.69, 9.17) is 9.94 Å². The number of hydrogen-bond acceptors (Lipinski definition) is 4. The number of anilines is 3. The minimum absolute atomic E-state index is 0.472. The number of rotatable bonds is 7. The van der Waals surface area contributed by atoms with Gasteiger partial charge in [0.05, 0.1) is 11.4 Å². The molecule has 0 atom stereocenters. The van der Waals surface area contributed by atoms with Gasteiger partial charge in [0.15, 0.2) is 0 Å². The molecule has 0 fully saturated rings. The minimum atomic E-state index is -1.06. The molecule has 0 radical (unpaired) electrons. The summed E-state index contributed by atoms with van der Waals surface area (Å²) in [6, 6.07) is 27.9. The van der Waals surface area contributed by atoms with Gasteiger partial charge in [0.1, 0.15) is 0 Å². The summed E-state index contributed by atoms with van der Waals surface area (Å²) in [7, 11) is 0. The summed E-state index contributed by atoms with van der Waals surface area (Å²) in [5, 5.41) is 12.7. The first-order valence-corrected chi connectivity index (χ1v) is 8.55. The van der Waals surface area contributed by atoms with Gasteiger partial charge in [-0.25, -0.2) is 4.79 Å². The normalized spacial score (nSPS) is 11.1. The van der Waals surface area contributed by atoms with E-state index in [2.05, 4.69) is 10.1 Å². The van der Waals surface area contributed by atoms with Crippen molar-refractivity contribution in [2.45, 2.75) is 6.92 Å². The Balaban J connectivity index is 2.07. The van der Waals surface area contributed by atoms with Gasteiger partial charge in [0, 0.05) is 16.9 Å². The molecule has 5 heteroatoms. The number of hydrogen-bond donors (Lipinski definition) is 1. The van der Waals surface area contributed by atoms with Crippen LogP contribution in [-0.2, 0) is 9.63 Å². The van der Waals surface area contributed by atoms with Crippen LogP contribution in [0.1, 0.15) is 12.5 Å². The van der Waals surface area contributed by atoms with Crippen LogP contribution in [0.15, 0.2) is 90.1 Å². The van der Waals surface area contributed by atoms with Crippen LogP contribution < -0.4 is 4.90 Å². The van der Waals surface area contributed by atoms with Gasteiger partial charge in [0.2, 0.25) is 6.61 Å². The first-order chi connectivity index (χ1) is 13.2. The van der Waals surface area contributed by atoms with Crippen LogP contribution in [0.4, 0.5) is 17.1 Å². The molecule has 5 nitrogen and oxygen atoms in total. The number of nitrogens with zero attached hydrogens (tertiary/aromatic N) is 2. The van der Waals surface area contributed by atoms with E-state index in [0.29, 0.717) is 5.71 Å². The van der Waals surface area contributed by atoms with Crippen molar-refractivity contribution in [3.8, 4) is 0 Å². The van der Waals surface area contributed by atoms with E-state index in [9.17, 15) is 4.79 Å². The Morgan fingerprint density at radius 2 is 1.41 bits per heavy atom. The van der Waals surface area contributed by atoms with E-state index in [1.165, 1.54) is 0 Å². The lowest BCUT2D eigenvalue weighted by Crippen LogP contribution is -2.14. The van der Waals surface area contributed by atoms with E-state index < -0.39 is 12.6 Å². The molecule has 0 saturated heterocycles. The minimum Gasteiger partial charge on any atom is -0.479 e. The zero-order valence-electron chi connectivity index (χ0n) is 14.9. The predicted molar refractivity (Wildman–Crippen MR) is 107 cm³/mol. The molecule has 0 aliphatic heterocycles. The lowest BCUT2D eigenvalue weighted by Gasteiger charge is -2.27. The van der Waals surface area contributed by atoms with Gasteiger partial charge in [-0.05, 0) is 37.3 Å². The highest BCUT2D eigenvalue weighted by Gasteiger charge is 2.16. The molecule has 27 heavy (non-hydrogen) atoms. The Bertz CT molecular complexity index is 885. The fourth-order valence-corrected chi connectivity index (χ4v) is 2.79. The van der Waals surface area contributed by atoms with Crippen LogP contribution in [0.2, 0.25) is 0 Å². The molecule has 3 rings (SSSR count). The lowest BCUT2D eigenvalue weighted by atomic mass is 10.1. The monoisotopic (exact) mass is 360 g/mol. The van der Waals surface area contributed by atoms with Gasteiger partial charge in [-0.1, -0.05) is 59.8 Å². The summed E-state index contributed by atoms with van der Waals surface area (Å²) in [5.41, 5.74) is 4.40. The molecule has 0 bridgehead atoms. The van der Waals surface area contributed by atoms with Crippen molar-refractivity contribution in [3.05, 3.63) is 90.5 Å². The maximum Gasteiger partial charge on any atom is 0.344 e. The maximum absolute atomic E-state index is 10.7. The average molecular weight is 360 g/mol. The fraction of sp³-hybridized carbons (Fsp3) is 0.0909. The fourth-order valence-electron chi connectivity index (χ4n) is 2.79. The summed E-state index contributed by atoms with van der Waals surface area (Å²) >= 11 is 0. The number of aliphatic carboxylic acids is 1. The number of oxime groups is 1. The average Bonchev–Trinajstić information content (AvgIpc) is 2.70. The van der Waals surface area contributed by atoms with Crippen LogP contribution >= 0.6 is 0 Å². The van der Waals surface area contributed by atoms with Crippen LogP contribution in [-0.4, -0.2) is 23.4 Å². The van der Waals surface area contributed by atoms with Gasteiger partial charge in [-0.2, -0.15) is 0 Å². The van der Waals surface area contributed by atoms with E-state index in [1.54, 1.807) is 6.92 Å². The zero-order valence-corrected chi connectivity index (χ0v) is 14.9. The highest BCUT2D eigenvalue weighted by Crippen LogP contribution is 2.36. The zero-order chi connectivity index (χ0) is 19.1. The molecule has 3 aromatic carbocycles. The molecule has 136 valence electrons. The second-order valence-corrected chi connectivity index (χ2v) is 5.87. The Kier molecular flexibility index (Phi) is 5.84. The number of carboxylic acids is 1. The lowest BCUT2D eigenvalue weighted by molar-refractivity contribution is -0.142. The molecule has 0 saturated carbocycles. The first kappa shape index (κ1) is 18.2. The number of carbonyl (C=O) groups is 1. The number of benzene rings is 3. The van der Waals surface area contributed by atoms with Crippen molar-refractivity contribution in [2.75, 3.05) is 11.5 Å². The van der Waals surface area contributed by atoms with Crippen molar-refractivity contribution in [1.82, 2.24) is 0 Å². The summed E-state index contributed by atoms with van der Waals surface area (Å²) in [5.74, 6) is -1.06. The quantitative estimate of drug-likeness (QED) is 0.477. The largest absolute Gasteiger partial charge is 0.479 e. The molecular formula is C22H20N2O3. The molecule has 0 unspecified atom stereocenters. The summed E-state index contributed by atoms with van der Waals surface area (Å²) < 4.78 is 0. The molecule has 0 amide bonds. The van der Waals surface area contributed by atoms with Crippen LogP contribution in [0.3, 0.4) is 0 Å². The molecule has 0 heterocycles. The topological polar surface area (TPSA) is 62.1 Å². The van der Waals surface area contributed by atoms with Crippen LogP contribution in [0.25, 0.3) is 0 Å². The summed E-state index contributed by atoms with van der Waals surface area (Å²) in [6.07, 6.45) is 0. The molecule has 0 aromatic heterocycles. The predicted octanol–water partition coefficient (Wildman–Crippen LogP) is 4.98. The third kappa shape index (κ3) is 4.52.